The second-order valence-corrected chi connectivity index (χ2v) is 3.54. The van der Waals surface area contributed by atoms with Crippen LogP contribution in [-0.4, -0.2) is 27.2 Å². The lowest BCUT2D eigenvalue weighted by Gasteiger charge is -2.08. The summed E-state index contributed by atoms with van der Waals surface area (Å²) in [4.78, 5) is 8.45. The standard InChI is InChI=1S/C11H14N6/c1-8-6-14-11(12-2)16-10(8)13-7-9-4-3-5-15-17-9/h3-6H,7H2,1-2H3,(H2,12,13,14,16). The average molecular weight is 230 g/mol. The van der Waals surface area contributed by atoms with Crippen LogP contribution in [0.2, 0.25) is 0 Å². The van der Waals surface area contributed by atoms with Crippen LogP contribution in [-0.2, 0) is 6.54 Å². The first-order valence-corrected chi connectivity index (χ1v) is 5.31. The molecule has 2 rings (SSSR count). The molecule has 6 heteroatoms. The fraction of sp³-hybridized carbons (Fsp3) is 0.273. The molecular formula is C11H14N6. The fourth-order valence-electron chi connectivity index (χ4n) is 1.34. The number of hydrogen-bond donors (Lipinski definition) is 2. The Balaban J connectivity index is 2.08. The Bertz CT molecular complexity index is 485. The zero-order valence-corrected chi connectivity index (χ0v) is 9.81. The lowest BCUT2D eigenvalue weighted by Crippen LogP contribution is -2.07. The summed E-state index contributed by atoms with van der Waals surface area (Å²) in [5.41, 5.74) is 1.87. The Labute approximate surface area is 99.5 Å². The van der Waals surface area contributed by atoms with Gasteiger partial charge in [0.25, 0.3) is 0 Å². The molecule has 0 saturated carbocycles. The first-order chi connectivity index (χ1) is 8.29. The lowest BCUT2D eigenvalue weighted by molar-refractivity contribution is 0.917. The summed E-state index contributed by atoms with van der Waals surface area (Å²) in [5.74, 6) is 1.40. The van der Waals surface area contributed by atoms with Gasteiger partial charge in [0, 0.05) is 25.0 Å². The molecule has 0 aromatic carbocycles. The quantitative estimate of drug-likeness (QED) is 0.822. The van der Waals surface area contributed by atoms with Crippen molar-refractivity contribution in [3.8, 4) is 0 Å². The summed E-state index contributed by atoms with van der Waals surface area (Å²) < 4.78 is 0. The first kappa shape index (κ1) is 11.3. The van der Waals surface area contributed by atoms with Gasteiger partial charge in [-0.1, -0.05) is 0 Å². The largest absolute Gasteiger partial charge is 0.364 e. The van der Waals surface area contributed by atoms with Crippen molar-refractivity contribution in [2.75, 3.05) is 17.7 Å². The van der Waals surface area contributed by atoms with Gasteiger partial charge < -0.3 is 10.6 Å². The van der Waals surface area contributed by atoms with E-state index in [1.807, 2.05) is 19.1 Å². The van der Waals surface area contributed by atoms with Gasteiger partial charge in [-0.15, -0.1) is 0 Å². The van der Waals surface area contributed by atoms with Crippen LogP contribution in [0.25, 0.3) is 0 Å². The third-order valence-electron chi connectivity index (χ3n) is 2.26. The van der Waals surface area contributed by atoms with Gasteiger partial charge in [0.15, 0.2) is 0 Å². The van der Waals surface area contributed by atoms with Gasteiger partial charge in [-0.05, 0) is 19.1 Å². The fourth-order valence-corrected chi connectivity index (χ4v) is 1.34. The molecule has 17 heavy (non-hydrogen) atoms. The summed E-state index contributed by atoms with van der Waals surface area (Å²) in [5, 5.41) is 13.9. The summed E-state index contributed by atoms with van der Waals surface area (Å²) in [6.07, 6.45) is 3.43. The Morgan fingerprint density at radius 2 is 2.24 bits per heavy atom. The molecule has 2 aromatic heterocycles. The third-order valence-corrected chi connectivity index (χ3v) is 2.26. The molecule has 2 N–H and O–H groups in total. The third kappa shape index (κ3) is 2.87. The van der Waals surface area contributed by atoms with Crippen LogP contribution in [0.5, 0.6) is 0 Å². The predicted octanol–water partition coefficient (Wildman–Crippen LogP) is 1.23. The number of nitrogens with one attached hydrogen (secondary N) is 2. The monoisotopic (exact) mass is 230 g/mol. The molecule has 0 amide bonds. The van der Waals surface area contributed by atoms with E-state index in [4.69, 9.17) is 0 Å². The molecule has 0 unspecified atom stereocenters. The van der Waals surface area contributed by atoms with E-state index in [1.54, 1.807) is 19.4 Å². The molecular weight excluding hydrogens is 216 g/mol. The SMILES string of the molecule is CNc1ncc(C)c(NCc2cccnn2)n1. The normalized spacial score (nSPS) is 10.0. The van der Waals surface area contributed by atoms with Gasteiger partial charge in [-0.2, -0.15) is 15.2 Å². The van der Waals surface area contributed by atoms with Gasteiger partial charge in [0.1, 0.15) is 5.82 Å². The van der Waals surface area contributed by atoms with Gasteiger partial charge in [-0.3, -0.25) is 0 Å². The lowest BCUT2D eigenvalue weighted by atomic mass is 10.3. The number of aryl methyl sites for hydroxylation is 1. The molecule has 0 spiro atoms. The van der Waals surface area contributed by atoms with Crippen molar-refractivity contribution in [3.05, 3.63) is 35.8 Å². The smallest absolute Gasteiger partial charge is 0.224 e. The van der Waals surface area contributed by atoms with E-state index < -0.39 is 0 Å². The molecule has 0 fully saturated rings. The zero-order chi connectivity index (χ0) is 12.1. The van der Waals surface area contributed by atoms with E-state index >= 15 is 0 Å². The minimum absolute atomic E-state index is 0.592. The van der Waals surface area contributed by atoms with Gasteiger partial charge in [0.05, 0.1) is 12.2 Å². The van der Waals surface area contributed by atoms with Crippen molar-refractivity contribution >= 4 is 11.8 Å². The van der Waals surface area contributed by atoms with Crippen molar-refractivity contribution < 1.29 is 0 Å². The highest BCUT2D eigenvalue weighted by atomic mass is 15.1. The van der Waals surface area contributed by atoms with Crippen molar-refractivity contribution in [2.45, 2.75) is 13.5 Å². The highest BCUT2D eigenvalue weighted by molar-refractivity contribution is 5.46. The Hall–Kier alpha value is -2.24. The summed E-state index contributed by atoms with van der Waals surface area (Å²) in [6.45, 7) is 2.55. The van der Waals surface area contributed by atoms with Crippen LogP contribution in [0.3, 0.4) is 0 Å². The van der Waals surface area contributed by atoms with Gasteiger partial charge in [-0.25, -0.2) is 4.98 Å². The first-order valence-electron chi connectivity index (χ1n) is 5.31. The molecule has 0 radical (unpaired) electrons. The van der Waals surface area contributed by atoms with E-state index in [-0.39, 0.29) is 0 Å². The minimum atomic E-state index is 0.592. The Kier molecular flexibility index (Phi) is 3.44. The number of anilines is 2. The molecule has 0 aliphatic rings. The van der Waals surface area contributed by atoms with Crippen LogP contribution < -0.4 is 10.6 Å². The Morgan fingerprint density at radius 3 is 2.94 bits per heavy atom. The summed E-state index contributed by atoms with van der Waals surface area (Å²) in [7, 11) is 1.79. The van der Waals surface area contributed by atoms with Crippen molar-refractivity contribution in [1.29, 1.82) is 0 Å². The molecule has 0 aliphatic carbocycles. The summed E-state index contributed by atoms with van der Waals surface area (Å²) in [6, 6.07) is 3.77. The maximum absolute atomic E-state index is 4.32. The van der Waals surface area contributed by atoms with Crippen LogP contribution in [0.15, 0.2) is 24.5 Å². The molecule has 0 bridgehead atoms. The molecule has 88 valence electrons. The second-order valence-electron chi connectivity index (χ2n) is 3.54. The number of aromatic nitrogens is 4. The molecule has 2 heterocycles. The molecule has 0 aliphatic heterocycles. The maximum Gasteiger partial charge on any atom is 0.224 e. The van der Waals surface area contributed by atoms with E-state index in [2.05, 4.69) is 30.8 Å². The number of nitrogens with zero attached hydrogens (tertiary/aromatic N) is 4. The van der Waals surface area contributed by atoms with Crippen molar-refractivity contribution in [3.63, 3.8) is 0 Å². The highest BCUT2D eigenvalue weighted by Crippen LogP contribution is 2.12. The molecule has 6 nitrogen and oxygen atoms in total. The molecule has 0 atom stereocenters. The van der Waals surface area contributed by atoms with E-state index in [9.17, 15) is 0 Å². The average Bonchev–Trinajstić information content (AvgIpc) is 2.39. The van der Waals surface area contributed by atoms with Crippen molar-refractivity contribution in [2.24, 2.45) is 0 Å². The maximum atomic E-state index is 4.32. The summed E-state index contributed by atoms with van der Waals surface area (Å²) >= 11 is 0. The topological polar surface area (TPSA) is 75.6 Å². The molecule has 0 saturated heterocycles. The highest BCUT2D eigenvalue weighted by Gasteiger charge is 2.02. The van der Waals surface area contributed by atoms with Gasteiger partial charge in [0.2, 0.25) is 5.95 Å². The molecule has 2 aromatic rings. The number of rotatable bonds is 4. The van der Waals surface area contributed by atoms with E-state index in [0.717, 1.165) is 17.1 Å². The zero-order valence-electron chi connectivity index (χ0n) is 9.81. The van der Waals surface area contributed by atoms with Crippen LogP contribution in [0.1, 0.15) is 11.3 Å². The minimum Gasteiger partial charge on any atom is -0.364 e. The van der Waals surface area contributed by atoms with Crippen LogP contribution in [0.4, 0.5) is 11.8 Å². The van der Waals surface area contributed by atoms with Crippen LogP contribution >= 0.6 is 0 Å². The van der Waals surface area contributed by atoms with Crippen LogP contribution in [0, 0.1) is 6.92 Å². The predicted molar refractivity (Wildman–Crippen MR) is 65.7 cm³/mol. The Morgan fingerprint density at radius 1 is 1.35 bits per heavy atom. The van der Waals surface area contributed by atoms with Gasteiger partial charge >= 0.3 is 0 Å². The second kappa shape index (κ2) is 5.20. The van der Waals surface area contributed by atoms with Crippen molar-refractivity contribution in [1.82, 2.24) is 20.2 Å². The number of hydrogen-bond acceptors (Lipinski definition) is 6. The van der Waals surface area contributed by atoms with E-state index in [0.29, 0.717) is 12.5 Å². The van der Waals surface area contributed by atoms with E-state index in [1.165, 1.54) is 0 Å².